The molecule has 0 amide bonds. The molecule has 0 saturated heterocycles. The SMILES string of the molecule is CCCCc1c(OC)cc(OP(=O)(NCCC(=O)OCC)Oc2ccccc2)c2nc(N)sc12. The summed E-state index contributed by atoms with van der Waals surface area (Å²) in [6.45, 7) is 4.12. The number of thiazole rings is 1. The van der Waals surface area contributed by atoms with Crippen LogP contribution < -0.4 is 24.6 Å². The molecule has 9 nitrogen and oxygen atoms in total. The highest BCUT2D eigenvalue weighted by atomic mass is 32.1. The van der Waals surface area contributed by atoms with Gasteiger partial charge in [-0.3, -0.25) is 4.79 Å². The third-order valence-corrected chi connectivity index (χ3v) is 7.28. The molecule has 3 N–H and O–H groups in total. The molecule has 0 saturated carbocycles. The lowest BCUT2D eigenvalue weighted by atomic mass is 10.1. The van der Waals surface area contributed by atoms with Crippen molar-refractivity contribution in [1.82, 2.24) is 10.1 Å². The van der Waals surface area contributed by atoms with Gasteiger partial charge in [-0.25, -0.2) is 14.6 Å². The Kier molecular flexibility index (Phi) is 9.15. The van der Waals surface area contributed by atoms with E-state index in [2.05, 4.69) is 17.0 Å². The van der Waals surface area contributed by atoms with E-state index < -0.39 is 13.7 Å². The number of nitrogens with zero attached hydrogens (tertiary/aromatic N) is 1. The Morgan fingerprint density at radius 1 is 1.18 bits per heavy atom. The number of aryl methyl sites for hydroxylation is 1. The molecule has 1 heterocycles. The molecule has 0 bridgehead atoms. The van der Waals surface area contributed by atoms with Crippen molar-refractivity contribution in [3.63, 3.8) is 0 Å². The number of aromatic nitrogens is 1. The quantitative estimate of drug-likeness (QED) is 0.233. The summed E-state index contributed by atoms with van der Waals surface area (Å²) in [5.41, 5.74) is 7.49. The van der Waals surface area contributed by atoms with Gasteiger partial charge in [0.15, 0.2) is 10.9 Å². The van der Waals surface area contributed by atoms with E-state index in [0.29, 0.717) is 22.1 Å². The molecule has 1 atom stereocenters. The number of methoxy groups -OCH3 is 1. The maximum absolute atomic E-state index is 13.8. The molecule has 0 aliphatic carbocycles. The van der Waals surface area contributed by atoms with Crippen molar-refractivity contribution >= 4 is 40.4 Å². The Bertz CT molecular complexity index is 1150. The number of rotatable bonds is 13. The van der Waals surface area contributed by atoms with Crippen molar-refractivity contribution in [3.8, 4) is 17.2 Å². The molecule has 0 radical (unpaired) electrons. The van der Waals surface area contributed by atoms with Crippen molar-refractivity contribution in [1.29, 1.82) is 0 Å². The number of hydrogen-bond acceptors (Lipinski definition) is 9. The number of nitrogen functional groups attached to an aromatic ring is 1. The second-order valence-corrected chi connectivity index (χ2v) is 10.1. The van der Waals surface area contributed by atoms with Crippen molar-refractivity contribution in [2.75, 3.05) is 26.0 Å². The molecule has 1 aromatic heterocycles. The topological polar surface area (TPSA) is 122 Å². The first-order chi connectivity index (χ1) is 16.4. The van der Waals surface area contributed by atoms with Crippen LogP contribution in [0, 0.1) is 0 Å². The first-order valence-corrected chi connectivity index (χ1v) is 13.5. The van der Waals surface area contributed by atoms with Crippen molar-refractivity contribution in [2.24, 2.45) is 0 Å². The minimum absolute atomic E-state index is 0.00231. The Hall–Kier alpha value is -2.81. The van der Waals surface area contributed by atoms with Gasteiger partial charge >= 0.3 is 13.7 Å². The predicted molar refractivity (Wildman–Crippen MR) is 134 cm³/mol. The summed E-state index contributed by atoms with van der Waals surface area (Å²) in [5, 5.41) is 3.12. The highest BCUT2D eigenvalue weighted by Gasteiger charge is 2.31. The number of hydrogen-bond donors (Lipinski definition) is 2. The van der Waals surface area contributed by atoms with Crippen LogP contribution in [-0.2, 0) is 20.5 Å². The van der Waals surface area contributed by atoms with Gasteiger partial charge in [0.05, 0.1) is 24.8 Å². The maximum atomic E-state index is 13.8. The molecule has 0 spiro atoms. The van der Waals surface area contributed by atoms with Gasteiger partial charge in [-0.15, -0.1) is 0 Å². The maximum Gasteiger partial charge on any atom is 0.512 e. The van der Waals surface area contributed by atoms with Crippen LogP contribution in [0.3, 0.4) is 0 Å². The average Bonchev–Trinajstić information content (AvgIpc) is 3.20. The lowest BCUT2D eigenvalue weighted by molar-refractivity contribution is -0.142. The zero-order chi connectivity index (χ0) is 24.6. The van der Waals surface area contributed by atoms with Crippen LogP contribution >= 0.6 is 19.1 Å². The van der Waals surface area contributed by atoms with E-state index in [1.165, 1.54) is 11.3 Å². The summed E-state index contributed by atoms with van der Waals surface area (Å²) in [6.07, 6.45) is 2.77. The van der Waals surface area contributed by atoms with E-state index in [9.17, 15) is 9.36 Å². The number of fused-ring (bicyclic) bond motifs is 1. The molecular weight excluding hydrogens is 477 g/mol. The van der Waals surface area contributed by atoms with Crippen molar-refractivity contribution < 1.29 is 27.9 Å². The monoisotopic (exact) mass is 507 g/mol. The van der Waals surface area contributed by atoms with Crippen LogP contribution in [0.25, 0.3) is 10.2 Å². The molecule has 184 valence electrons. The average molecular weight is 508 g/mol. The molecule has 1 unspecified atom stereocenters. The van der Waals surface area contributed by atoms with Gasteiger partial charge in [-0.2, -0.15) is 0 Å². The summed E-state index contributed by atoms with van der Waals surface area (Å²) in [7, 11) is -2.42. The Balaban J connectivity index is 1.96. The van der Waals surface area contributed by atoms with E-state index in [1.807, 2.05) is 6.07 Å². The standard InChI is InChI=1S/C23H30N3O6PS/c1-4-6-12-17-18(29-3)15-19(21-22(17)34-23(24)26-21)32-33(28,25-14-13-20(27)30-5-2)31-16-10-8-7-9-11-16/h7-11,15H,4-6,12-14H2,1-3H3,(H2,24,26)(H,25,28). The third kappa shape index (κ3) is 6.62. The lowest BCUT2D eigenvalue weighted by Crippen LogP contribution is -2.22. The van der Waals surface area contributed by atoms with Gasteiger partial charge in [0.25, 0.3) is 0 Å². The van der Waals surface area contributed by atoms with E-state index in [4.69, 9.17) is 24.3 Å². The molecule has 3 rings (SSSR count). The Labute approximate surface area is 203 Å². The first-order valence-electron chi connectivity index (χ1n) is 11.1. The first kappa shape index (κ1) is 25.8. The van der Waals surface area contributed by atoms with Crippen LogP contribution in [0.1, 0.15) is 38.7 Å². The molecule has 34 heavy (non-hydrogen) atoms. The fourth-order valence-corrected chi connectivity index (χ4v) is 5.56. The smallest absolute Gasteiger partial charge is 0.496 e. The zero-order valence-electron chi connectivity index (χ0n) is 19.5. The summed E-state index contributed by atoms with van der Waals surface area (Å²) < 4.78 is 36.9. The van der Waals surface area contributed by atoms with Gasteiger partial charge in [0.2, 0.25) is 0 Å². The number of esters is 1. The summed E-state index contributed by atoms with van der Waals surface area (Å²) >= 11 is 1.32. The van der Waals surface area contributed by atoms with Gasteiger partial charge in [0.1, 0.15) is 17.0 Å². The van der Waals surface area contributed by atoms with Crippen LogP contribution in [0.2, 0.25) is 0 Å². The molecule has 11 heteroatoms. The largest absolute Gasteiger partial charge is 0.512 e. The fraction of sp³-hybridized carbons (Fsp3) is 0.391. The van der Waals surface area contributed by atoms with Crippen molar-refractivity contribution in [3.05, 3.63) is 42.0 Å². The number of nitrogens with two attached hydrogens (primary N) is 1. The third-order valence-electron chi connectivity index (χ3n) is 4.84. The fourth-order valence-electron chi connectivity index (χ4n) is 3.30. The second kappa shape index (κ2) is 12.1. The van der Waals surface area contributed by atoms with Crippen LogP contribution in [0.5, 0.6) is 17.2 Å². The molecule has 3 aromatic rings. The van der Waals surface area contributed by atoms with Gasteiger partial charge < -0.3 is 24.3 Å². The number of benzene rings is 2. The Morgan fingerprint density at radius 2 is 1.94 bits per heavy atom. The minimum atomic E-state index is -3.99. The predicted octanol–water partition coefficient (Wildman–Crippen LogP) is 5.34. The number of carbonyl (C=O) groups excluding carboxylic acids is 1. The van der Waals surface area contributed by atoms with Crippen LogP contribution in [0.4, 0.5) is 5.13 Å². The van der Waals surface area contributed by atoms with Gasteiger partial charge in [-0.1, -0.05) is 42.9 Å². The van der Waals surface area contributed by atoms with E-state index in [-0.39, 0.29) is 25.3 Å². The number of anilines is 1. The van der Waals surface area contributed by atoms with E-state index in [0.717, 1.165) is 29.5 Å². The number of nitrogens with one attached hydrogen (secondary N) is 1. The van der Waals surface area contributed by atoms with Crippen LogP contribution in [-0.4, -0.2) is 31.2 Å². The zero-order valence-corrected chi connectivity index (χ0v) is 21.2. The normalized spacial score (nSPS) is 12.8. The highest BCUT2D eigenvalue weighted by molar-refractivity contribution is 7.52. The van der Waals surface area contributed by atoms with Gasteiger partial charge in [-0.05, 0) is 31.9 Å². The van der Waals surface area contributed by atoms with E-state index in [1.54, 1.807) is 44.4 Å². The highest BCUT2D eigenvalue weighted by Crippen LogP contribution is 2.49. The molecule has 0 aliphatic heterocycles. The number of carbonyl (C=O) groups is 1. The van der Waals surface area contributed by atoms with Crippen LogP contribution in [0.15, 0.2) is 36.4 Å². The summed E-state index contributed by atoms with van der Waals surface area (Å²) in [6, 6.07) is 10.3. The second-order valence-electron chi connectivity index (χ2n) is 7.35. The number of para-hydroxylation sites is 1. The number of unbranched alkanes of at least 4 members (excludes halogenated alkanes) is 1. The lowest BCUT2D eigenvalue weighted by Gasteiger charge is -2.21. The Morgan fingerprint density at radius 3 is 2.62 bits per heavy atom. The molecular formula is C23H30N3O6PS. The minimum Gasteiger partial charge on any atom is -0.496 e. The van der Waals surface area contributed by atoms with Crippen molar-refractivity contribution in [2.45, 2.75) is 39.5 Å². The van der Waals surface area contributed by atoms with E-state index >= 15 is 0 Å². The number of ether oxygens (including phenoxy) is 2. The molecule has 2 aromatic carbocycles. The summed E-state index contributed by atoms with van der Waals surface area (Å²) in [4.78, 5) is 16.2. The molecule has 0 fully saturated rings. The van der Waals surface area contributed by atoms with Gasteiger partial charge in [0, 0.05) is 18.2 Å². The summed E-state index contributed by atoms with van der Waals surface area (Å²) in [5.74, 6) is 0.730. The molecule has 0 aliphatic rings.